The lowest BCUT2D eigenvalue weighted by molar-refractivity contribution is -0.222. The topological polar surface area (TPSA) is 87.0 Å². The van der Waals surface area contributed by atoms with E-state index in [4.69, 9.17) is 4.74 Å². The van der Waals surface area contributed by atoms with Crippen molar-refractivity contribution in [3.63, 3.8) is 0 Å². The highest BCUT2D eigenvalue weighted by Crippen LogP contribution is 2.72. The van der Waals surface area contributed by atoms with E-state index in [1.54, 1.807) is 26.8 Å². The van der Waals surface area contributed by atoms with Gasteiger partial charge in [-0.1, -0.05) is 39.0 Å². The lowest BCUT2D eigenvalue weighted by Gasteiger charge is -2.52. The Bertz CT molecular complexity index is 867. The minimum Gasteiger partial charge on any atom is -0.451 e. The van der Waals surface area contributed by atoms with Crippen LogP contribution in [-0.4, -0.2) is 45.2 Å². The van der Waals surface area contributed by atoms with Crippen LogP contribution in [-0.2, 0) is 9.53 Å². The predicted octanol–water partition coefficient (Wildman–Crippen LogP) is 3.15. The van der Waals surface area contributed by atoms with E-state index in [1.807, 2.05) is 19.1 Å². The summed E-state index contributed by atoms with van der Waals surface area (Å²) >= 11 is 0. The Hall–Kier alpha value is -1.43. The van der Waals surface area contributed by atoms with Crippen LogP contribution in [0.4, 0.5) is 0 Å². The number of aliphatic hydroxyl groups is 3. The second-order valence-electron chi connectivity index (χ2n) is 10.8. The molecule has 9 atom stereocenters. The van der Waals surface area contributed by atoms with Gasteiger partial charge in [-0.3, -0.25) is 0 Å². The Morgan fingerprint density at radius 2 is 1.87 bits per heavy atom. The molecule has 0 radical (unpaired) electrons. The van der Waals surface area contributed by atoms with E-state index >= 15 is 0 Å². The molecule has 0 aliphatic heterocycles. The minimum atomic E-state index is -1.82. The molecule has 5 nitrogen and oxygen atoms in total. The molecule has 2 fully saturated rings. The summed E-state index contributed by atoms with van der Waals surface area (Å²) < 4.78 is 5.80. The molecule has 2 saturated carbocycles. The number of carbonyl (C=O) groups excluding carboxylic acids is 1. The average Bonchev–Trinajstić information content (AvgIpc) is 3.17. The van der Waals surface area contributed by atoms with Gasteiger partial charge in [0, 0.05) is 11.5 Å². The summed E-state index contributed by atoms with van der Waals surface area (Å²) in [5, 5.41) is 35.5. The Labute approximate surface area is 179 Å². The van der Waals surface area contributed by atoms with Crippen LogP contribution >= 0.6 is 0 Å². The maximum absolute atomic E-state index is 12.6. The van der Waals surface area contributed by atoms with E-state index in [1.165, 1.54) is 0 Å². The van der Waals surface area contributed by atoms with Crippen LogP contribution in [0.5, 0.6) is 0 Å². The molecule has 1 spiro atoms. The van der Waals surface area contributed by atoms with E-state index in [9.17, 15) is 20.1 Å². The molecule has 4 aliphatic rings. The van der Waals surface area contributed by atoms with Gasteiger partial charge in [-0.2, -0.15) is 0 Å². The van der Waals surface area contributed by atoms with Crippen molar-refractivity contribution in [3.8, 4) is 0 Å². The number of ether oxygens (including phenoxy) is 1. The van der Waals surface area contributed by atoms with Crippen molar-refractivity contribution >= 4 is 5.97 Å². The summed E-state index contributed by atoms with van der Waals surface area (Å²) in [4.78, 5) is 12.6. The molecule has 2 bridgehead atoms. The van der Waals surface area contributed by atoms with Crippen molar-refractivity contribution < 1.29 is 24.9 Å². The molecule has 0 aromatic rings. The lowest BCUT2D eigenvalue weighted by Crippen LogP contribution is -2.66. The number of rotatable bonds is 2. The third-order valence-corrected chi connectivity index (χ3v) is 9.09. The van der Waals surface area contributed by atoms with Gasteiger partial charge in [0.05, 0.1) is 11.5 Å². The summed E-state index contributed by atoms with van der Waals surface area (Å²) in [7, 11) is 0. The maximum Gasteiger partial charge on any atom is 0.334 e. The number of aliphatic hydroxyl groups excluding tert-OH is 2. The second kappa shape index (κ2) is 6.54. The number of carbonyl (C=O) groups is 1. The highest BCUT2D eigenvalue weighted by molar-refractivity contribution is 5.88. The Kier molecular flexibility index (Phi) is 4.75. The molecule has 9 unspecified atom stereocenters. The van der Waals surface area contributed by atoms with Gasteiger partial charge < -0.3 is 20.1 Å². The van der Waals surface area contributed by atoms with Crippen LogP contribution in [0.25, 0.3) is 0 Å². The smallest absolute Gasteiger partial charge is 0.334 e. The number of hydrogen-bond acceptors (Lipinski definition) is 5. The molecule has 0 heterocycles. The molecule has 4 aliphatic carbocycles. The van der Waals surface area contributed by atoms with Gasteiger partial charge in [0.1, 0.15) is 11.7 Å². The molecular formula is C25H36O5. The molecule has 4 rings (SSSR count). The average molecular weight is 417 g/mol. The van der Waals surface area contributed by atoms with E-state index in [-0.39, 0.29) is 17.3 Å². The molecule has 0 amide bonds. The number of esters is 1. The van der Waals surface area contributed by atoms with Crippen molar-refractivity contribution in [1.29, 1.82) is 0 Å². The van der Waals surface area contributed by atoms with Gasteiger partial charge in [-0.25, -0.2) is 4.79 Å². The van der Waals surface area contributed by atoms with Crippen LogP contribution in [0.1, 0.15) is 54.9 Å². The zero-order valence-corrected chi connectivity index (χ0v) is 19.1. The summed E-state index contributed by atoms with van der Waals surface area (Å²) in [6.45, 7) is 13.6. The van der Waals surface area contributed by atoms with Crippen molar-refractivity contribution in [2.24, 2.45) is 34.5 Å². The van der Waals surface area contributed by atoms with Crippen molar-refractivity contribution in [1.82, 2.24) is 0 Å². The zero-order valence-electron chi connectivity index (χ0n) is 19.1. The normalized spacial score (nSPS) is 49.1. The third-order valence-electron chi connectivity index (χ3n) is 9.09. The van der Waals surface area contributed by atoms with Gasteiger partial charge in [-0.15, -0.1) is 0 Å². The SMILES string of the molecule is CC=C(C)C(=O)OC1C(C)=CC23C(C)CC4C(C(C=C(C)C(O)C12O)C3O)C4(C)C. The van der Waals surface area contributed by atoms with Gasteiger partial charge in [0.15, 0.2) is 6.10 Å². The lowest BCUT2D eigenvalue weighted by atomic mass is 9.58. The second-order valence-corrected chi connectivity index (χ2v) is 10.8. The molecule has 0 aromatic carbocycles. The molecule has 5 heteroatoms. The van der Waals surface area contributed by atoms with Crippen molar-refractivity contribution in [2.75, 3.05) is 0 Å². The fraction of sp³-hybridized carbons (Fsp3) is 0.720. The van der Waals surface area contributed by atoms with E-state index in [0.29, 0.717) is 28.6 Å². The van der Waals surface area contributed by atoms with Crippen LogP contribution < -0.4 is 0 Å². The number of hydrogen-bond donors (Lipinski definition) is 3. The number of allylic oxidation sites excluding steroid dienone is 1. The monoisotopic (exact) mass is 416 g/mol. The largest absolute Gasteiger partial charge is 0.451 e. The Morgan fingerprint density at radius 1 is 1.23 bits per heavy atom. The van der Waals surface area contributed by atoms with Crippen LogP contribution in [0.3, 0.4) is 0 Å². The van der Waals surface area contributed by atoms with Gasteiger partial charge in [0.2, 0.25) is 0 Å². The molecule has 30 heavy (non-hydrogen) atoms. The van der Waals surface area contributed by atoms with Crippen LogP contribution in [0, 0.1) is 34.5 Å². The summed E-state index contributed by atoms with van der Waals surface area (Å²) in [5.74, 6) is -0.00765. The van der Waals surface area contributed by atoms with Crippen LogP contribution in [0.15, 0.2) is 34.9 Å². The summed E-state index contributed by atoms with van der Waals surface area (Å²) in [6.07, 6.45) is 3.27. The van der Waals surface area contributed by atoms with Crippen molar-refractivity contribution in [3.05, 3.63) is 34.9 Å². The maximum atomic E-state index is 12.6. The molecule has 166 valence electrons. The Morgan fingerprint density at radius 3 is 2.47 bits per heavy atom. The Balaban J connectivity index is 1.88. The molecular weight excluding hydrogens is 380 g/mol. The first-order chi connectivity index (χ1) is 13.9. The first-order valence-electron chi connectivity index (χ1n) is 11.2. The minimum absolute atomic E-state index is 0.0906. The fourth-order valence-electron chi connectivity index (χ4n) is 7.20. The summed E-state index contributed by atoms with van der Waals surface area (Å²) in [6, 6.07) is 0. The van der Waals surface area contributed by atoms with E-state index in [0.717, 1.165) is 6.42 Å². The third kappa shape index (κ3) is 2.43. The summed E-state index contributed by atoms with van der Waals surface area (Å²) in [5.41, 5.74) is -1.03. The van der Waals surface area contributed by atoms with Gasteiger partial charge >= 0.3 is 5.97 Å². The first-order valence-corrected chi connectivity index (χ1v) is 11.2. The molecule has 0 saturated heterocycles. The molecule has 0 aromatic heterocycles. The number of fused-ring (bicyclic) bond motifs is 3. The van der Waals surface area contributed by atoms with Gasteiger partial charge in [-0.05, 0) is 68.4 Å². The first kappa shape index (κ1) is 21.8. The zero-order chi connectivity index (χ0) is 22.4. The molecule has 3 N–H and O–H groups in total. The van der Waals surface area contributed by atoms with Crippen molar-refractivity contribution in [2.45, 2.75) is 78.8 Å². The standard InChI is InChI=1S/C25H36O5/c1-8-12(2)22(28)30-21-14(4)11-24-15(5)10-17-18(23(17,6)7)16(20(24)27)9-13(3)19(26)25(21,24)29/h8-9,11,15-21,26-27,29H,10H2,1-7H3. The predicted molar refractivity (Wildman–Crippen MR) is 114 cm³/mol. The fourth-order valence-corrected chi connectivity index (χ4v) is 7.20. The van der Waals surface area contributed by atoms with Gasteiger partial charge in [0.25, 0.3) is 0 Å². The van der Waals surface area contributed by atoms with E-state index in [2.05, 4.69) is 20.8 Å². The van der Waals surface area contributed by atoms with Crippen LogP contribution in [0.2, 0.25) is 0 Å². The quantitative estimate of drug-likeness (QED) is 0.366. The highest BCUT2D eigenvalue weighted by Gasteiger charge is 2.75. The highest BCUT2D eigenvalue weighted by atomic mass is 16.6. The van der Waals surface area contributed by atoms with E-state index < -0.39 is 35.3 Å².